The minimum atomic E-state index is 0.563. The molecule has 1 heterocycles. The SMILES string of the molecule is CCCc1nc(N)cc(NC2CCCCC2)n1. The summed E-state index contributed by atoms with van der Waals surface area (Å²) >= 11 is 0. The Labute approximate surface area is 103 Å². The molecule has 1 aromatic rings. The molecule has 1 aliphatic rings. The van der Waals surface area contributed by atoms with Crippen molar-refractivity contribution in [2.24, 2.45) is 0 Å². The van der Waals surface area contributed by atoms with Crippen LogP contribution in [0.1, 0.15) is 51.3 Å². The van der Waals surface area contributed by atoms with E-state index < -0.39 is 0 Å². The van der Waals surface area contributed by atoms with E-state index in [4.69, 9.17) is 5.73 Å². The molecule has 4 nitrogen and oxygen atoms in total. The highest BCUT2D eigenvalue weighted by Crippen LogP contribution is 2.21. The fraction of sp³-hybridized carbons (Fsp3) is 0.692. The maximum atomic E-state index is 5.80. The molecule has 0 aromatic carbocycles. The van der Waals surface area contributed by atoms with Gasteiger partial charge in [0.05, 0.1) is 0 Å². The van der Waals surface area contributed by atoms with Crippen LogP contribution in [0.5, 0.6) is 0 Å². The highest BCUT2D eigenvalue weighted by atomic mass is 15.1. The molecule has 0 bridgehead atoms. The first-order chi connectivity index (χ1) is 8.28. The summed E-state index contributed by atoms with van der Waals surface area (Å²) in [7, 11) is 0. The van der Waals surface area contributed by atoms with E-state index in [-0.39, 0.29) is 0 Å². The summed E-state index contributed by atoms with van der Waals surface area (Å²) in [5, 5.41) is 3.49. The molecule has 1 aliphatic carbocycles. The Morgan fingerprint density at radius 3 is 2.76 bits per heavy atom. The third-order valence-corrected chi connectivity index (χ3v) is 3.22. The van der Waals surface area contributed by atoms with Gasteiger partial charge in [-0.25, -0.2) is 9.97 Å². The first-order valence-corrected chi connectivity index (χ1v) is 6.68. The number of aryl methyl sites for hydroxylation is 1. The maximum Gasteiger partial charge on any atom is 0.133 e. The van der Waals surface area contributed by atoms with Crippen LogP contribution in [-0.2, 0) is 6.42 Å². The van der Waals surface area contributed by atoms with Crippen LogP contribution in [0.15, 0.2) is 6.07 Å². The van der Waals surface area contributed by atoms with Crippen molar-refractivity contribution in [3.8, 4) is 0 Å². The van der Waals surface area contributed by atoms with Crippen LogP contribution in [-0.4, -0.2) is 16.0 Å². The number of rotatable bonds is 4. The molecule has 1 fully saturated rings. The van der Waals surface area contributed by atoms with Crippen LogP contribution in [0.4, 0.5) is 11.6 Å². The summed E-state index contributed by atoms with van der Waals surface area (Å²) in [5.41, 5.74) is 5.80. The van der Waals surface area contributed by atoms with Gasteiger partial charge in [-0.15, -0.1) is 0 Å². The smallest absolute Gasteiger partial charge is 0.133 e. The van der Waals surface area contributed by atoms with Crippen molar-refractivity contribution in [2.75, 3.05) is 11.1 Å². The van der Waals surface area contributed by atoms with Crippen LogP contribution in [0.3, 0.4) is 0 Å². The highest BCUT2D eigenvalue weighted by Gasteiger charge is 2.14. The Kier molecular flexibility index (Phi) is 4.18. The summed E-state index contributed by atoms with van der Waals surface area (Å²) in [6, 6.07) is 2.40. The fourth-order valence-electron chi connectivity index (χ4n) is 2.38. The second kappa shape index (κ2) is 5.84. The van der Waals surface area contributed by atoms with Gasteiger partial charge in [0.1, 0.15) is 17.5 Å². The molecule has 0 radical (unpaired) electrons. The Morgan fingerprint density at radius 2 is 2.06 bits per heavy atom. The molecule has 3 N–H and O–H groups in total. The number of anilines is 2. The predicted octanol–water partition coefficient (Wildman–Crippen LogP) is 2.76. The second-order valence-electron chi connectivity index (χ2n) is 4.82. The lowest BCUT2D eigenvalue weighted by Crippen LogP contribution is -2.23. The normalized spacial score (nSPS) is 17.0. The molecular weight excluding hydrogens is 212 g/mol. The summed E-state index contributed by atoms with van der Waals surface area (Å²) in [4.78, 5) is 8.76. The third-order valence-electron chi connectivity index (χ3n) is 3.22. The van der Waals surface area contributed by atoms with E-state index >= 15 is 0 Å². The molecular formula is C13H22N4. The molecule has 0 amide bonds. The van der Waals surface area contributed by atoms with Crippen molar-refractivity contribution >= 4 is 11.6 Å². The number of aromatic nitrogens is 2. The third kappa shape index (κ3) is 3.58. The van der Waals surface area contributed by atoms with Gasteiger partial charge in [-0.2, -0.15) is 0 Å². The van der Waals surface area contributed by atoms with Gasteiger partial charge >= 0.3 is 0 Å². The van der Waals surface area contributed by atoms with Crippen molar-refractivity contribution in [2.45, 2.75) is 57.9 Å². The Hall–Kier alpha value is -1.32. The zero-order valence-electron chi connectivity index (χ0n) is 10.6. The van der Waals surface area contributed by atoms with Gasteiger partial charge in [-0.3, -0.25) is 0 Å². The van der Waals surface area contributed by atoms with Gasteiger partial charge in [0.25, 0.3) is 0 Å². The van der Waals surface area contributed by atoms with Gasteiger partial charge in [0.15, 0.2) is 0 Å². The standard InChI is InChI=1S/C13H22N4/c1-2-6-12-16-11(14)9-13(17-12)15-10-7-4-3-5-8-10/h9-10H,2-8H2,1H3,(H3,14,15,16,17). The molecule has 4 heteroatoms. The Morgan fingerprint density at radius 1 is 1.29 bits per heavy atom. The van der Waals surface area contributed by atoms with Gasteiger partial charge in [0, 0.05) is 18.5 Å². The second-order valence-corrected chi connectivity index (χ2v) is 4.82. The summed E-state index contributed by atoms with van der Waals surface area (Å²) < 4.78 is 0. The molecule has 0 unspecified atom stereocenters. The monoisotopic (exact) mass is 234 g/mol. The number of nitrogens with zero attached hydrogens (tertiary/aromatic N) is 2. The zero-order valence-corrected chi connectivity index (χ0v) is 10.6. The molecule has 2 rings (SSSR count). The van der Waals surface area contributed by atoms with Gasteiger partial charge in [-0.05, 0) is 19.3 Å². The molecule has 0 spiro atoms. The van der Waals surface area contributed by atoms with E-state index in [2.05, 4.69) is 22.2 Å². The Bertz CT molecular complexity index is 358. The summed E-state index contributed by atoms with van der Waals surface area (Å²) in [6.45, 7) is 2.13. The predicted molar refractivity (Wildman–Crippen MR) is 70.9 cm³/mol. The average Bonchev–Trinajstić information content (AvgIpc) is 2.30. The van der Waals surface area contributed by atoms with Crippen LogP contribution in [0.2, 0.25) is 0 Å². The summed E-state index contributed by atoms with van der Waals surface area (Å²) in [6.07, 6.45) is 8.43. The largest absolute Gasteiger partial charge is 0.384 e. The van der Waals surface area contributed by atoms with Crippen LogP contribution < -0.4 is 11.1 Å². The van der Waals surface area contributed by atoms with Gasteiger partial charge < -0.3 is 11.1 Å². The van der Waals surface area contributed by atoms with Crippen LogP contribution in [0, 0.1) is 0 Å². The highest BCUT2D eigenvalue weighted by molar-refractivity contribution is 5.45. The zero-order chi connectivity index (χ0) is 12.1. The summed E-state index contributed by atoms with van der Waals surface area (Å²) in [5.74, 6) is 2.32. The van der Waals surface area contributed by atoms with E-state index in [1.165, 1.54) is 32.1 Å². The van der Waals surface area contributed by atoms with Crippen LogP contribution >= 0.6 is 0 Å². The van der Waals surface area contributed by atoms with E-state index in [9.17, 15) is 0 Å². The quantitative estimate of drug-likeness (QED) is 0.840. The molecule has 0 aliphatic heterocycles. The molecule has 17 heavy (non-hydrogen) atoms. The molecule has 1 aromatic heterocycles. The first-order valence-electron chi connectivity index (χ1n) is 6.68. The van der Waals surface area contributed by atoms with E-state index in [0.717, 1.165) is 24.5 Å². The first kappa shape index (κ1) is 12.1. The molecule has 94 valence electrons. The number of nitrogens with one attached hydrogen (secondary N) is 1. The lowest BCUT2D eigenvalue weighted by Gasteiger charge is -2.23. The Balaban J connectivity index is 2.03. The number of hydrogen-bond donors (Lipinski definition) is 2. The van der Waals surface area contributed by atoms with Gasteiger partial charge in [0.2, 0.25) is 0 Å². The van der Waals surface area contributed by atoms with Crippen molar-refractivity contribution in [3.63, 3.8) is 0 Å². The fourth-order valence-corrected chi connectivity index (χ4v) is 2.38. The van der Waals surface area contributed by atoms with E-state index in [0.29, 0.717) is 11.9 Å². The molecule has 1 saturated carbocycles. The van der Waals surface area contributed by atoms with Crippen molar-refractivity contribution in [1.82, 2.24) is 9.97 Å². The lowest BCUT2D eigenvalue weighted by molar-refractivity contribution is 0.461. The van der Waals surface area contributed by atoms with Gasteiger partial charge in [-0.1, -0.05) is 26.2 Å². The van der Waals surface area contributed by atoms with Crippen LogP contribution in [0.25, 0.3) is 0 Å². The van der Waals surface area contributed by atoms with Crippen molar-refractivity contribution in [3.05, 3.63) is 11.9 Å². The minimum absolute atomic E-state index is 0.563. The molecule has 0 atom stereocenters. The van der Waals surface area contributed by atoms with E-state index in [1.54, 1.807) is 0 Å². The van der Waals surface area contributed by atoms with Crippen molar-refractivity contribution in [1.29, 1.82) is 0 Å². The number of hydrogen-bond acceptors (Lipinski definition) is 4. The number of nitrogens with two attached hydrogens (primary N) is 1. The molecule has 0 saturated heterocycles. The van der Waals surface area contributed by atoms with E-state index in [1.807, 2.05) is 6.07 Å². The number of nitrogen functional groups attached to an aromatic ring is 1. The minimum Gasteiger partial charge on any atom is -0.384 e. The average molecular weight is 234 g/mol. The van der Waals surface area contributed by atoms with Crippen molar-refractivity contribution < 1.29 is 0 Å². The topological polar surface area (TPSA) is 63.8 Å². The maximum absolute atomic E-state index is 5.80. The lowest BCUT2D eigenvalue weighted by atomic mass is 9.95.